The molecule has 148 valence electrons. The average Bonchev–Trinajstić information content (AvgIpc) is 2.63. The molecule has 2 fully saturated rings. The number of anilines is 1. The van der Waals surface area contributed by atoms with E-state index in [9.17, 15) is 9.18 Å². The summed E-state index contributed by atoms with van der Waals surface area (Å²) >= 11 is 0. The summed E-state index contributed by atoms with van der Waals surface area (Å²) in [4.78, 5) is 18.9. The highest BCUT2D eigenvalue weighted by molar-refractivity contribution is 5.85. The van der Waals surface area contributed by atoms with Crippen molar-refractivity contribution in [1.82, 2.24) is 9.80 Å². The van der Waals surface area contributed by atoms with E-state index in [4.69, 9.17) is 5.73 Å². The second-order valence-corrected chi connectivity index (χ2v) is 6.67. The zero-order valence-corrected chi connectivity index (χ0v) is 16.6. The molecule has 0 bridgehead atoms. The fraction of sp³-hybridized carbons (Fsp3) is 0.611. The van der Waals surface area contributed by atoms with Crippen LogP contribution in [0.15, 0.2) is 24.3 Å². The highest BCUT2D eigenvalue weighted by Crippen LogP contribution is 2.21. The van der Waals surface area contributed by atoms with Gasteiger partial charge in [0.2, 0.25) is 5.91 Å². The van der Waals surface area contributed by atoms with Crippen molar-refractivity contribution in [3.63, 3.8) is 0 Å². The molecule has 2 heterocycles. The minimum Gasteiger partial charge on any atom is -0.369 e. The molecule has 1 aromatic rings. The molecule has 0 saturated carbocycles. The average molecular weight is 407 g/mol. The fourth-order valence-electron chi connectivity index (χ4n) is 3.76. The second kappa shape index (κ2) is 10.9. The summed E-state index contributed by atoms with van der Waals surface area (Å²) in [6, 6.07) is 7.18. The van der Waals surface area contributed by atoms with Gasteiger partial charge in [-0.05, 0) is 37.1 Å². The highest BCUT2D eigenvalue weighted by atomic mass is 35.5. The van der Waals surface area contributed by atoms with Crippen LogP contribution in [0.5, 0.6) is 0 Å². The third-order valence-corrected chi connectivity index (χ3v) is 5.13. The van der Waals surface area contributed by atoms with E-state index in [1.165, 1.54) is 12.1 Å². The van der Waals surface area contributed by atoms with E-state index < -0.39 is 0 Å². The Kier molecular flexibility index (Phi) is 9.64. The predicted octanol–water partition coefficient (Wildman–Crippen LogP) is 2.13. The Hall–Kier alpha value is -1.08. The Morgan fingerprint density at radius 1 is 1.08 bits per heavy atom. The van der Waals surface area contributed by atoms with Crippen molar-refractivity contribution < 1.29 is 9.18 Å². The topological polar surface area (TPSA) is 52.8 Å². The molecule has 1 amide bonds. The normalized spacial score (nSPS) is 20.9. The smallest absolute Gasteiger partial charge is 0.223 e. The molecule has 2 N–H and O–H groups in total. The van der Waals surface area contributed by atoms with Crippen LogP contribution in [0.1, 0.15) is 19.3 Å². The number of benzene rings is 1. The molecule has 0 aromatic heterocycles. The second-order valence-electron chi connectivity index (χ2n) is 6.67. The van der Waals surface area contributed by atoms with Crippen LogP contribution >= 0.6 is 24.8 Å². The number of nitrogens with two attached hydrogens (primary N) is 1. The molecule has 2 aliphatic heterocycles. The van der Waals surface area contributed by atoms with Crippen molar-refractivity contribution in [3.05, 3.63) is 30.1 Å². The van der Waals surface area contributed by atoms with Gasteiger partial charge in [0.25, 0.3) is 0 Å². The maximum absolute atomic E-state index is 13.0. The van der Waals surface area contributed by atoms with Crippen LogP contribution in [0, 0.1) is 5.82 Å². The van der Waals surface area contributed by atoms with Crippen LogP contribution < -0.4 is 10.6 Å². The summed E-state index contributed by atoms with van der Waals surface area (Å²) in [5, 5.41) is 0. The van der Waals surface area contributed by atoms with E-state index in [1.54, 1.807) is 0 Å². The maximum atomic E-state index is 13.0. The summed E-state index contributed by atoms with van der Waals surface area (Å²) in [6.07, 6.45) is 2.67. The molecule has 26 heavy (non-hydrogen) atoms. The monoisotopic (exact) mass is 406 g/mol. The third kappa shape index (κ3) is 5.71. The van der Waals surface area contributed by atoms with Gasteiger partial charge in [-0.15, -0.1) is 24.8 Å². The Morgan fingerprint density at radius 3 is 2.35 bits per heavy atom. The number of carbonyl (C=O) groups excluding carboxylic acids is 1. The van der Waals surface area contributed by atoms with Crippen molar-refractivity contribution in [1.29, 1.82) is 0 Å². The van der Waals surface area contributed by atoms with E-state index in [-0.39, 0.29) is 36.5 Å². The number of hydrogen-bond donors (Lipinski definition) is 1. The van der Waals surface area contributed by atoms with Crippen molar-refractivity contribution in [3.8, 4) is 0 Å². The van der Waals surface area contributed by atoms with Crippen molar-refractivity contribution in [2.45, 2.75) is 25.3 Å². The number of carbonyl (C=O) groups is 1. The van der Waals surface area contributed by atoms with Crippen LogP contribution in [0.3, 0.4) is 0 Å². The number of halogens is 3. The number of piperazine rings is 1. The summed E-state index contributed by atoms with van der Waals surface area (Å²) in [7, 11) is 0. The molecular formula is C18H29Cl2FN4O. The first kappa shape index (κ1) is 23.0. The minimum absolute atomic E-state index is 0. The number of amides is 1. The van der Waals surface area contributed by atoms with Crippen molar-refractivity contribution >= 4 is 36.4 Å². The minimum atomic E-state index is -0.193. The van der Waals surface area contributed by atoms with E-state index in [1.807, 2.05) is 17.0 Å². The van der Waals surface area contributed by atoms with Gasteiger partial charge in [-0.1, -0.05) is 0 Å². The lowest BCUT2D eigenvalue weighted by molar-refractivity contribution is -0.133. The number of hydrogen-bond acceptors (Lipinski definition) is 4. The zero-order valence-electron chi connectivity index (χ0n) is 15.0. The van der Waals surface area contributed by atoms with Crippen LogP contribution in [-0.2, 0) is 4.79 Å². The molecule has 5 nitrogen and oxygen atoms in total. The van der Waals surface area contributed by atoms with Gasteiger partial charge in [-0.2, -0.15) is 0 Å². The molecule has 1 unspecified atom stereocenters. The Bertz CT molecular complexity index is 553. The molecule has 3 rings (SSSR count). The van der Waals surface area contributed by atoms with Gasteiger partial charge in [-0.3, -0.25) is 9.69 Å². The molecular weight excluding hydrogens is 378 g/mol. The third-order valence-electron chi connectivity index (χ3n) is 5.13. The van der Waals surface area contributed by atoms with Gasteiger partial charge in [0, 0.05) is 64.0 Å². The summed E-state index contributed by atoms with van der Waals surface area (Å²) in [5.74, 6) is -0.00558. The summed E-state index contributed by atoms with van der Waals surface area (Å²) in [6.45, 7) is 5.98. The summed E-state index contributed by atoms with van der Waals surface area (Å²) < 4.78 is 13.0. The molecule has 2 saturated heterocycles. The van der Waals surface area contributed by atoms with Gasteiger partial charge in [0.1, 0.15) is 5.82 Å². The Balaban J connectivity index is 0.00000169. The van der Waals surface area contributed by atoms with E-state index in [0.717, 1.165) is 57.8 Å². The zero-order chi connectivity index (χ0) is 16.9. The lowest BCUT2D eigenvalue weighted by Gasteiger charge is -2.44. The van der Waals surface area contributed by atoms with Gasteiger partial charge in [-0.25, -0.2) is 4.39 Å². The van der Waals surface area contributed by atoms with Gasteiger partial charge in [0.05, 0.1) is 0 Å². The Morgan fingerprint density at radius 2 is 1.73 bits per heavy atom. The largest absolute Gasteiger partial charge is 0.369 e. The number of nitrogens with zero attached hydrogens (tertiary/aromatic N) is 3. The lowest BCUT2D eigenvalue weighted by Crippen LogP contribution is -2.56. The van der Waals surface area contributed by atoms with Crippen molar-refractivity contribution in [2.24, 2.45) is 5.73 Å². The number of rotatable bonds is 4. The van der Waals surface area contributed by atoms with E-state index in [2.05, 4.69) is 9.80 Å². The molecule has 1 aromatic carbocycles. The van der Waals surface area contributed by atoms with Crippen LogP contribution in [0.25, 0.3) is 0 Å². The molecule has 0 aliphatic carbocycles. The number of piperidine rings is 1. The standard InChI is InChI=1S/C18H27FN4O.2ClH/c19-15-3-5-16(6-4-15)21-10-12-22(13-11-21)17-2-1-9-23(14-17)18(24)7-8-20;;/h3-6,17H,1-2,7-14,20H2;2*1H. The first-order valence-corrected chi connectivity index (χ1v) is 8.90. The molecule has 8 heteroatoms. The lowest BCUT2D eigenvalue weighted by atomic mass is 10.0. The van der Waals surface area contributed by atoms with Crippen LogP contribution in [0.4, 0.5) is 10.1 Å². The van der Waals surface area contributed by atoms with Crippen LogP contribution in [-0.4, -0.2) is 67.6 Å². The van der Waals surface area contributed by atoms with Crippen LogP contribution in [0.2, 0.25) is 0 Å². The molecule has 2 aliphatic rings. The predicted molar refractivity (Wildman–Crippen MR) is 108 cm³/mol. The Labute approximate surface area is 167 Å². The maximum Gasteiger partial charge on any atom is 0.223 e. The van der Waals surface area contributed by atoms with Gasteiger partial charge < -0.3 is 15.5 Å². The first-order chi connectivity index (χ1) is 11.7. The highest BCUT2D eigenvalue weighted by Gasteiger charge is 2.29. The van der Waals surface area contributed by atoms with Gasteiger partial charge in [0.15, 0.2) is 0 Å². The fourth-order valence-corrected chi connectivity index (χ4v) is 3.76. The van der Waals surface area contributed by atoms with Gasteiger partial charge >= 0.3 is 0 Å². The number of likely N-dealkylation sites (tertiary alicyclic amines) is 1. The summed E-state index contributed by atoms with van der Waals surface area (Å²) in [5.41, 5.74) is 6.59. The molecule has 0 radical (unpaired) electrons. The van der Waals surface area contributed by atoms with E-state index in [0.29, 0.717) is 19.0 Å². The quantitative estimate of drug-likeness (QED) is 0.831. The van der Waals surface area contributed by atoms with Crippen molar-refractivity contribution in [2.75, 3.05) is 50.7 Å². The molecule has 0 spiro atoms. The molecule has 1 atom stereocenters. The van der Waals surface area contributed by atoms with E-state index >= 15 is 0 Å². The SMILES string of the molecule is Cl.Cl.NCCC(=O)N1CCCC(N2CCN(c3ccc(F)cc3)CC2)C1. The first-order valence-electron chi connectivity index (χ1n) is 8.90.